The minimum atomic E-state index is -0.494. The van der Waals surface area contributed by atoms with Crippen molar-refractivity contribution in [2.24, 2.45) is 0 Å². The number of carbonyl (C=O) groups excluding carboxylic acids is 2. The predicted molar refractivity (Wildman–Crippen MR) is 112 cm³/mol. The maximum atomic E-state index is 12.2. The molecule has 2 saturated heterocycles. The Balaban J connectivity index is 1.42. The van der Waals surface area contributed by atoms with Gasteiger partial charge >= 0.3 is 12.2 Å². The van der Waals surface area contributed by atoms with Crippen LogP contribution in [0.3, 0.4) is 0 Å². The molecule has 0 radical (unpaired) electrons. The number of benzene rings is 1. The molecule has 2 heterocycles. The maximum absolute atomic E-state index is 12.2. The molecule has 0 aliphatic carbocycles. The van der Waals surface area contributed by atoms with Crippen LogP contribution >= 0.6 is 0 Å². The van der Waals surface area contributed by atoms with Crippen LogP contribution in [0.4, 0.5) is 15.3 Å². The number of ether oxygens (including phenoxy) is 4. The van der Waals surface area contributed by atoms with Gasteiger partial charge in [0.15, 0.2) is 0 Å². The summed E-state index contributed by atoms with van der Waals surface area (Å²) in [5, 5.41) is 0. The Bertz CT molecular complexity index is 722. The molecule has 0 N–H and O–H groups in total. The van der Waals surface area contributed by atoms with E-state index in [2.05, 4.69) is 0 Å². The van der Waals surface area contributed by atoms with Crippen LogP contribution in [0.25, 0.3) is 0 Å². The van der Waals surface area contributed by atoms with E-state index in [1.54, 1.807) is 9.80 Å². The van der Waals surface area contributed by atoms with Crippen LogP contribution in [-0.4, -0.2) is 67.7 Å². The number of rotatable bonds is 6. The lowest BCUT2D eigenvalue weighted by atomic mass is 10.1. The summed E-state index contributed by atoms with van der Waals surface area (Å²) >= 11 is 0. The molecule has 30 heavy (non-hydrogen) atoms. The molecule has 1 aromatic carbocycles. The van der Waals surface area contributed by atoms with Crippen molar-refractivity contribution in [2.75, 3.05) is 37.7 Å². The van der Waals surface area contributed by atoms with Gasteiger partial charge < -0.3 is 23.8 Å². The average Bonchev–Trinajstić information content (AvgIpc) is 3.07. The number of cyclic esters (lactones) is 1. The lowest BCUT2D eigenvalue weighted by Crippen LogP contribution is -2.43. The third kappa shape index (κ3) is 6.01. The zero-order valence-corrected chi connectivity index (χ0v) is 18.3. The molecule has 0 spiro atoms. The Kier molecular flexibility index (Phi) is 7.07. The highest BCUT2D eigenvalue weighted by atomic mass is 16.6. The molecule has 2 amide bonds. The number of amides is 2. The first-order valence-corrected chi connectivity index (χ1v) is 10.6. The van der Waals surface area contributed by atoms with Crippen molar-refractivity contribution in [3.05, 3.63) is 24.3 Å². The summed E-state index contributed by atoms with van der Waals surface area (Å²) in [7, 11) is 0. The largest absolute Gasteiger partial charge is 0.494 e. The molecular formula is C22H32N2O6. The second-order valence-corrected chi connectivity index (χ2v) is 8.54. The normalized spacial score (nSPS) is 20.3. The molecule has 3 rings (SSSR count). The summed E-state index contributed by atoms with van der Waals surface area (Å²) in [6.45, 7) is 10.1. The van der Waals surface area contributed by atoms with Gasteiger partial charge in [0.2, 0.25) is 0 Å². The highest BCUT2D eigenvalue weighted by molar-refractivity contribution is 5.89. The maximum Gasteiger partial charge on any atom is 0.414 e. The second-order valence-electron chi connectivity index (χ2n) is 8.54. The van der Waals surface area contributed by atoms with Crippen LogP contribution in [0.2, 0.25) is 0 Å². The Morgan fingerprint density at radius 1 is 1.17 bits per heavy atom. The van der Waals surface area contributed by atoms with Gasteiger partial charge in [-0.05, 0) is 64.8 Å². The third-order valence-corrected chi connectivity index (χ3v) is 4.94. The fourth-order valence-electron chi connectivity index (χ4n) is 3.48. The molecule has 8 heteroatoms. The van der Waals surface area contributed by atoms with E-state index < -0.39 is 5.60 Å². The number of anilines is 1. The molecule has 166 valence electrons. The van der Waals surface area contributed by atoms with E-state index in [0.717, 1.165) is 24.3 Å². The van der Waals surface area contributed by atoms with Crippen LogP contribution in [0.1, 0.15) is 40.5 Å². The van der Waals surface area contributed by atoms with Crippen LogP contribution in [0.5, 0.6) is 5.75 Å². The summed E-state index contributed by atoms with van der Waals surface area (Å²) in [4.78, 5) is 27.7. The van der Waals surface area contributed by atoms with Crippen LogP contribution in [0.15, 0.2) is 24.3 Å². The Morgan fingerprint density at radius 2 is 1.83 bits per heavy atom. The van der Waals surface area contributed by atoms with Crippen molar-refractivity contribution in [3.8, 4) is 5.75 Å². The Hall–Kier alpha value is -2.48. The number of piperidine rings is 1. The van der Waals surface area contributed by atoms with E-state index >= 15 is 0 Å². The van der Waals surface area contributed by atoms with E-state index in [1.807, 2.05) is 52.0 Å². The molecule has 1 unspecified atom stereocenters. The molecule has 2 fully saturated rings. The smallest absolute Gasteiger partial charge is 0.414 e. The summed E-state index contributed by atoms with van der Waals surface area (Å²) in [5.74, 6) is 0.770. The Morgan fingerprint density at radius 3 is 2.43 bits per heavy atom. The van der Waals surface area contributed by atoms with E-state index in [1.165, 1.54) is 0 Å². The first-order chi connectivity index (χ1) is 14.2. The predicted octanol–water partition coefficient (Wildman–Crippen LogP) is 3.83. The van der Waals surface area contributed by atoms with E-state index in [4.69, 9.17) is 18.9 Å². The van der Waals surface area contributed by atoms with Gasteiger partial charge in [-0.15, -0.1) is 0 Å². The van der Waals surface area contributed by atoms with Gasteiger partial charge in [0, 0.05) is 18.8 Å². The lowest BCUT2D eigenvalue weighted by Gasteiger charge is -2.33. The fourth-order valence-corrected chi connectivity index (χ4v) is 3.48. The van der Waals surface area contributed by atoms with E-state index in [0.29, 0.717) is 32.8 Å². The highest BCUT2D eigenvalue weighted by Crippen LogP contribution is 2.25. The fraction of sp³-hybridized carbons (Fsp3) is 0.636. The van der Waals surface area contributed by atoms with Crippen molar-refractivity contribution in [2.45, 2.75) is 58.3 Å². The Labute approximate surface area is 178 Å². The topological polar surface area (TPSA) is 77.5 Å². The lowest BCUT2D eigenvalue weighted by molar-refractivity contribution is -0.0335. The number of likely N-dealkylation sites (tertiary alicyclic amines) is 1. The molecule has 1 aromatic rings. The minimum absolute atomic E-state index is 0.0434. The van der Waals surface area contributed by atoms with Crippen molar-refractivity contribution >= 4 is 17.9 Å². The molecular weight excluding hydrogens is 388 g/mol. The van der Waals surface area contributed by atoms with Crippen molar-refractivity contribution in [1.29, 1.82) is 0 Å². The molecule has 1 atom stereocenters. The van der Waals surface area contributed by atoms with Gasteiger partial charge in [0.25, 0.3) is 0 Å². The van der Waals surface area contributed by atoms with Gasteiger partial charge in [-0.2, -0.15) is 0 Å². The summed E-state index contributed by atoms with van der Waals surface area (Å²) in [6.07, 6.45) is 0.560. The number of hydrogen-bond acceptors (Lipinski definition) is 6. The van der Waals surface area contributed by atoms with Crippen LogP contribution in [0, 0.1) is 0 Å². The standard InChI is InChI=1S/C22H32N2O6/c1-5-27-17-8-6-16(7-9-17)24-14-19(29-21(24)26)15-28-18-10-12-23(13-11-18)20(25)30-22(2,3)4/h6-9,18-19H,5,10-15H2,1-4H3. The van der Waals surface area contributed by atoms with E-state index in [9.17, 15) is 9.59 Å². The molecule has 0 aromatic heterocycles. The molecule has 0 bridgehead atoms. The molecule has 2 aliphatic heterocycles. The van der Waals surface area contributed by atoms with Crippen molar-refractivity contribution in [3.63, 3.8) is 0 Å². The SMILES string of the molecule is CCOc1ccc(N2CC(COC3CCN(C(=O)OC(C)(C)C)CC3)OC2=O)cc1. The van der Waals surface area contributed by atoms with E-state index in [-0.39, 0.29) is 24.4 Å². The zero-order chi connectivity index (χ0) is 21.7. The summed E-state index contributed by atoms with van der Waals surface area (Å²) < 4.78 is 22.3. The quantitative estimate of drug-likeness (QED) is 0.696. The molecule has 8 nitrogen and oxygen atoms in total. The number of hydrogen-bond donors (Lipinski definition) is 0. The average molecular weight is 421 g/mol. The van der Waals surface area contributed by atoms with Gasteiger partial charge in [-0.1, -0.05) is 0 Å². The number of nitrogens with zero attached hydrogens (tertiary/aromatic N) is 2. The first-order valence-electron chi connectivity index (χ1n) is 10.6. The summed E-state index contributed by atoms with van der Waals surface area (Å²) in [5.41, 5.74) is 0.281. The van der Waals surface area contributed by atoms with Crippen LogP contribution in [-0.2, 0) is 14.2 Å². The van der Waals surface area contributed by atoms with Gasteiger partial charge in [-0.25, -0.2) is 9.59 Å². The third-order valence-electron chi connectivity index (χ3n) is 4.94. The number of carbonyl (C=O) groups is 2. The first kappa shape index (κ1) is 22.2. The highest BCUT2D eigenvalue weighted by Gasteiger charge is 2.34. The molecule has 0 saturated carbocycles. The van der Waals surface area contributed by atoms with Gasteiger partial charge in [-0.3, -0.25) is 4.90 Å². The second kappa shape index (κ2) is 9.55. The van der Waals surface area contributed by atoms with Crippen LogP contribution < -0.4 is 9.64 Å². The molecule has 2 aliphatic rings. The van der Waals surface area contributed by atoms with Crippen molar-refractivity contribution < 1.29 is 28.5 Å². The summed E-state index contributed by atoms with van der Waals surface area (Å²) in [6, 6.07) is 7.38. The van der Waals surface area contributed by atoms with Gasteiger partial charge in [0.1, 0.15) is 17.5 Å². The van der Waals surface area contributed by atoms with Crippen molar-refractivity contribution in [1.82, 2.24) is 4.90 Å². The minimum Gasteiger partial charge on any atom is -0.494 e. The van der Waals surface area contributed by atoms with Gasteiger partial charge in [0.05, 0.1) is 25.9 Å². The monoisotopic (exact) mass is 420 g/mol. The zero-order valence-electron chi connectivity index (χ0n) is 18.3.